The number of ether oxygens (including phenoxy) is 1. The van der Waals surface area contributed by atoms with Crippen LogP contribution >= 0.6 is 15.9 Å². The van der Waals surface area contributed by atoms with Gasteiger partial charge < -0.3 is 4.74 Å². The highest BCUT2D eigenvalue weighted by atomic mass is 79.9. The van der Waals surface area contributed by atoms with E-state index in [2.05, 4.69) is 25.6 Å². The summed E-state index contributed by atoms with van der Waals surface area (Å²) in [5.74, 6) is 0. The molecule has 2 aromatic carbocycles. The van der Waals surface area contributed by atoms with Crippen molar-refractivity contribution in [3.63, 3.8) is 0 Å². The number of sulfonamides is 1. The van der Waals surface area contributed by atoms with Crippen molar-refractivity contribution in [2.45, 2.75) is 17.9 Å². The van der Waals surface area contributed by atoms with Gasteiger partial charge in [0.25, 0.3) is 0 Å². The molecule has 7 heteroatoms. The summed E-state index contributed by atoms with van der Waals surface area (Å²) >= 11 is 3.34. The van der Waals surface area contributed by atoms with Gasteiger partial charge in [0.2, 0.25) is 10.0 Å². The van der Waals surface area contributed by atoms with Gasteiger partial charge in [0.05, 0.1) is 24.2 Å². The number of nitrogens with one attached hydrogen (secondary N) is 1. The summed E-state index contributed by atoms with van der Waals surface area (Å²) in [4.78, 5) is 2.48. The Balaban J connectivity index is 1.87. The normalized spacial score (nSPS) is 17.2. The molecule has 0 radical (unpaired) electrons. The van der Waals surface area contributed by atoms with Gasteiger partial charge in [-0.15, -0.1) is 0 Å². The van der Waals surface area contributed by atoms with Crippen LogP contribution in [0.15, 0.2) is 57.9 Å². The Kier molecular flexibility index (Phi) is 6.47. The predicted molar refractivity (Wildman–Crippen MR) is 106 cm³/mol. The van der Waals surface area contributed by atoms with Crippen molar-refractivity contribution in [2.24, 2.45) is 0 Å². The van der Waals surface area contributed by atoms with Crippen molar-refractivity contribution in [1.82, 2.24) is 9.62 Å². The van der Waals surface area contributed by atoms with Crippen LogP contribution in [0.2, 0.25) is 0 Å². The number of nitrogens with zero attached hydrogens (tertiary/aromatic N) is 1. The monoisotopic (exact) mass is 438 g/mol. The maximum Gasteiger partial charge on any atom is 0.242 e. The summed E-state index contributed by atoms with van der Waals surface area (Å²) in [6, 6.07) is 14.5. The maximum absolute atomic E-state index is 13.0. The summed E-state index contributed by atoms with van der Waals surface area (Å²) in [6.07, 6.45) is 0. The van der Waals surface area contributed by atoms with E-state index in [0.717, 1.165) is 24.2 Å². The standard InChI is InChI=1S/C19H23BrN2O3S/c1-15-6-8-16(9-7-15)18(14-22-10-12-25-13-11-22)21-26(23,24)19-5-3-2-4-17(19)20/h2-9,18,21H,10-14H2,1H3/t18-/m1/s1. The molecule has 1 atom stereocenters. The minimum Gasteiger partial charge on any atom is -0.379 e. The zero-order valence-corrected chi connectivity index (χ0v) is 17.1. The van der Waals surface area contributed by atoms with Gasteiger partial charge in [0, 0.05) is 24.1 Å². The van der Waals surface area contributed by atoms with E-state index in [1.807, 2.05) is 31.2 Å². The highest BCUT2D eigenvalue weighted by molar-refractivity contribution is 9.10. The fourth-order valence-electron chi connectivity index (χ4n) is 2.96. The first kappa shape index (κ1) is 19.5. The van der Waals surface area contributed by atoms with E-state index in [1.54, 1.807) is 24.3 Å². The largest absolute Gasteiger partial charge is 0.379 e. The predicted octanol–water partition coefficient (Wildman–Crippen LogP) is 3.11. The van der Waals surface area contributed by atoms with Crippen molar-refractivity contribution in [1.29, 1.82) is 0 Å². The van der Waals surface area contributed by atoms with E-state index in [9.17, 15) is 8.42 Å². The Morgan fingerprint density at radius 3 is 2.42 bits per heavy atom. The molecule has 0 aliphatic carbocycles. The highest BCUT2D eigenvalue weighted by Gasteiger charge is 2.25. The minimum absolute atomic E-state index is 0.249. The molecular weight excluding hydrogens is 416 g/mol. The maximum atomic E-state index is 13.0. The first-order valence-corrected chi connectivity index (χ1v) is 10.9. The van der Waals surface area contributed by atoms with E-state index in [-0.39, 0.29) is 10.9 Å². The van der Waals surface area contributed by atoms with Gasteiger partial charge in [0.1, 0.15) is 0 Å². The number of aryl methyl sites for hydroxylation is 1. The van der Waals surface area contributed by atoms with Gasteiger partial charge in [-0.25, -0.2) is 13.1 Å². The minimum atomic E-state index is -3.65. The molecule has 5 nitrogen and oxygen atoms in total. The summed E-state index contributed by atoms with van der Waals surface area (Å²) < 4.78 is 34.8. The second-order valence-corrected chi connectivity index (χ2v) is 8.96. The van der Waals surface area contributed by atoms with Crippen LogP contribution in [-0.4, -0.2) is 46.2 Å². The molecule has 0 saturated carbocycles. The zero-order chi connectivity index (χ0) is 18.6. The first-order chi connectivity index (χ1) is 12.5. The fourth-order valence-corrected chi connectivity index (χ4v) is 5.18. The molecule has 0 bridgehead atoms. The third-order valence-electron chi connectivity index (χ3n) is 4.45. The Labute approximate surface area is 163 Å². The quantitative estimate of drug-likeness (QED) is 0.752. The van der Waals surface area contributed by atoms with Crippen LogP contribution in [0.5, 0.6) is 0 Å². The third kappa shape index (κ3) is 4.92. The lowest BCUT2D eigenvalue weighted by Gasteiger charge is -2.31. The van der Waals surface area contributed by atoms with Crippen LogP contribution in [0, 0.1) is 6.92 Å². The molecule has 26 heavy (non-hydrogen) atoms. The summed E-state index contributed by atoms with van der Waals surface area (Å²) in [5.41, 5.74) is 2.10. The summed E-state index contributed by atoms with van der Waals surface area (Å²) in [5, 5.41) is 0. The average molecular weight is 439 g/mol. The smallest absolute Gasteiger partial charge is 0.242 e. The van der Waals surface area contributed by atoms with Crippen molar-refractivity contribution in [3.05, 3.63) is 64.1 Å². The van der Waals surface area contributed by atoms with Gasteiger partial charge in [0.15, 0.2) is 0 Å². The molecule has 1 heterocycles. The van der Waals surface area contributed by atoms with Crippen LogP contribution in [0.1, 0.15) is 17.2 Å². The highest BCUT2D eigenvalue weighted by Crippen LogP contribution is 2.24. The number of hydrogen-bond donors (Lipinski definition) is 1. The van der Waals surface area contributed by atoms with Crippen molar-refractivity contribution in [3.8, 4) is 0 Å². The van der Waals surface area contributed by atoms with E-state index >= 15 is 0 Å². The average Bonchev–Trinajstić information content (AvgIpc) is 2.63. The van der Waals surface area contributed by atoms with Crippen LogP contribution in [-0.2, 0) is 14.8 Å². The van der Waals surface area contributed by atoms with E-state index < -0.39 is 10.0 Å². The second kappa shape index (κ2) is 8.63. The molecule has 1 aliphatic rings. The molecule has 1 saturated heterocycles. The van der Waals surface area contributed by atoms with Gasteiger partial charge in [-0.3, -0.25) is 4.90 Å². The first-order valence-electron chi connectivity index (χ1n) is 8.59. The fraction of sp³-hybridized carbons (Fsp3) is 0.368. The van der Waals surface area contributed by atoms with E-state index in [1.165, 1.54) is 0 Å². The van der Waals surface area contributed by atoms with Crippen molar-refractivity contribution < 1.29 is 13.2 Å². The summed E-state index contributed by atoms with van der Waals surface area (Å²) in [6.45, 7) is 5.59. The Hall–Kier alpha value is -1.25. The van der Waals surface area contributed by atoms with Crippen molar-refractivity contribution >= 4 is 26.0 Å². The number of rotatable bonds is 6. The molecule has 2 aromatic rings. The number of hydrogen-bond acceptors (Lipinski definition) is 4. The number of halogens is 1. The van der Waals surface area contributed by atoms with Gasteiger partial charge in [-0.1, -0.05) is 42.0 Å². The molecule has 0 spiro atoms. The van der Waals surface area contributed by atoms with Crippen molar-refractivity contribution in [2.75, 3.05) is 32.8 Å². The lowest BCUT2D eigenvalue weighted by Crippen LogP contribution is -2.43. The Morgan fingerprint density at radius 1 is 1.12 bits per heavy atom. The molecule has 1 fully saturated rings. The van der Waals surface area contributed by atoms with Crippen LogP contribution in [0.25, 0.3) is 0 Å². The molecule has 140 valence electrons. The number of benzene rings is 2. The lowest BCUT2D eigenvalue weighted by molar-refractivity contribution is 0.0345. The summed E-state index contributed by atoms with van der Waals surface area (Å²) in [7, 11) is -3.65. The Bertz CT molecular complexity index is 834. The topological polar surface area (TPSA) is 58.6 Å². The van der Waals surface area contributed by atoms with Crippen LogP contribution < -0.4 is 4.72 Å². The van der Waals surface area contributed by atoms with Crippen LogP contribution in [0.4, 0.5) is 0 Å². The molecule has 0 unspecified atom stereocenters. The zero-order valence-electron chi connectivity index (χ0n) is 14.7. The molecule has 0 amide bonds. The van der Waals surface area contributed by atoms with Gasteiger partial charge in [-0.05, 0) is 40.5 Å². The molecule has 1 N–H and O–H groups in total. The third-order valence-corrected chi connectivity index (χ3v) is 6.93. The van der Waals surface area contributed by atoms with E-state index in [4.69, 9.17) is 4.74 Å². The second-order valence-electron chi connectivity index (χ2n) is 6.43. The molecule has 3 rings (SSSR count). The van der Waals surface area contributed by atoms with E-state index in [0.29, 0.717) is 24.2 Å². The van der Waals surface area contributed by atoms with Gasteiger partial charge >= 0.3 is 0 Å². The van der Waals surface area contributed by atoms with Gasteiger partial charge in [-0.2, -0.15) is 0 Å². The number of morpholine rings is 1. The molecule has 0 aromatic heterocycles. The van der Waals surface area contributed by atoms with Crippen LogP contribution in [0.3, 0.4) is 0 Å². The lowest BCUT2D eigenvalue weighted by atomic mass is 10.1. The Morgan fingerprint density at radius 2 is 1.77 bits per heavy atom. The molecular formula is C19H23BrN2O3S. The molecule has 1 aliphatic heterocycles. The SMILES string of the molecule is Cc1ccc([C@@H](CN2CCOCC2)NS(=O)(=O)c2ccccc2Br)cc1.